The monoisotopic (exact) mass is 404 g/mol. The second-order valence-corrected chi connectivity index (χ2v) is 8.25. The van der Waals surface area contributed by atoms with Crippen molar-refractivity contribution in [2.45, 2.75) is 11.8 Å². The van der Waals surface area contributed by atoms with E-state index in [-0.39, 0.29) is 42.3 Å². The molecule has 1 aliphatic rings. The minimum atomic E-state index is -3.92. The molecule has 146 valence electrons. The van der Waals surface area contributed by atoms with Gasteiger partial charge in [0, 0.05) is 38.3 Å². The van der Waals surface area contributed by atoms with Crippen molar-refractivity contribution in [1.29, 1.82) is 5.26 Å². The van der Waals surface area contributed by atoms with Crippen molar-refractivity contribution >= 4 is 21.4 Å². The summed E-state index contributed by atoms with van der Waals surface area (Å²) in [5.74, 6) is -0.623. The smallest absolute Gasteiger partial charge is 0.270 e. The van der Waals surface area contributed by atoms with Crippen LogP contribution in [-0.2, 0) is 10.0 Å². The van der Waals surface area contributed by atoms with E-state index in [1.165, 1.54) is 28.6 Å². The number of halogens is 1. The highest BCUT2D eigenvalue weighted by Gasteiger charge is 2.31. The van der Waals surface area contributed by atoms with E-state index in [0.717, 1.165) is 6.07 Å². The summed E-state index contributed by atoms with van der Waals surface area (Å²) in [5, 5.41) is 20.2. The third-order valence-electron chi connectivity index (χ3n) is 4.68. The van der Waals surface area contributed by atoms with Gasteiger partial charge in [0.25, 0.3) is 5.69 Å². The molecule has 2 aromatic carbocycles. The lowest BCUT2D eigenvalue weighted by molar-refractivity contribution is -0.385. The summed E-state index contributed by atoms with van der Waals surface area (Å²) in [4.78, 5) is 12.0. The molecular weight excluding hydrogens is 387 g/mol. The predicted molar refractivity (Wildman–Crippen MR) is 99.9 cm³/mol. The van der Waals surface area contributed by atoms with Gasteiger partial charge in [-0.1, -0.05) is 12.1 Å². The summed E-state index contributed by atoms with van der Waals surface area (Å²) in [7, 11) is -3.92. The number of benzene rings is 2. The minimum Gasteiger partial charge on any atom is -0.368 e. The summed E-state index contributed by atoms with van der Waals surface area (Å²) < 4.78 is 41.0. The van der Waals surface area contributed by atoms with Crippen molar-refractivity contribution < 1.29 is 17.7 Å². The topological polar surface area (TPSA) is 108 Å². The Morgan fingerprint density at radius 3 is 2.46 bits per heavy atom. The quantitative estimate of drug-likeness (QED) is 0.572. The lowest BCUT2D eigenvalue weighted by Crippen LogP contribution is -2.49. The Kier molecular flexibility index (Phi) is 5.31. The lowest BCUT2D eigenvalue weighted by atomic mass is 10.1. The van der Waals surface area contributed by atoms with Gasteiger partial charge in [0.2, 0.25) is 10.0 Å². The van der Waals surface area contributed by atoms with Crippen LogP contribution in [0.1, 0.15) is 11.1 Å². The number of nitriles is 1. The number of hydrogen-bond acceptors (Lipinski definition) is 6. The van der Waals surface area contributed by atoms with Crippen molar-refractivity contribution in [1.82, 2.24) is 4.31 Å². The number of anilines is 1. The molecular formula is C18H17FN4O4S. The van der Waals surface area contributed by atoms with Gasteiger partial charge in [0.1, 0.15) is 17.4 Å². The molecule has 1 fully saturated rings. The van der Waals surface area contributed by atoms with E-state index in [1.54, 1.807) is 17.9 Å². The van der Waals surface area contributed by atoms with Crippen molar-refractivity contribution in [3.05, 3.63) is 63.5 Å². The zero-order valence-corrected chi connectivity index (χ0v) is 15.8. The van der Waals surface area contributed by atoms with Gasteiger partial charge in [0.05, 0.1) is 15.5 Å². The van der Waals surface area contributed by atoms with Gasteiger partial charge in [-0.25, -0.2) is 12.8 Å². The molecule has 0 bridgehead atoms. The maximum Gasteiger partial charge on any atom is 0.270 e. The molecule has 1 aliphatic heterocycles. The molecule has 8 nitrogen and oxygen atoms in total. The molecule has 0 N–H and O–H groups in total. The number of hydrogen-bond donors (Lipinski definition) is 0. The number of nitro benzene ring substituents is 1. The van der Waals surface area contributed by atoms with Crippen molar-refractivity contribution in [2.75, 3.05) is 31.1 Å². The van der Waals surface area contributed by atoms with Crippen LogP contribution in [0.2, 0.25) is 0 Å². The van der Waals surface area contributed by atoms with Crippen LogP contribution >= 0.6 is 0 Å². The molecule has 0 unspecified atom stereocenters. The van der Waals surface area contributed by atoms with E-state index in [0.29, 0.717) is 11.3 Å². The summed E-state index contributed by atoms with van der Waals surface area (Å²) in [6.07, 6.45) is 0. The number of nitrogens with zero attached hydrogens (tertiary/aromatic N) is 4. The SMILES string of the molecule is Cc1ccc([N+](=O)[O-])cc1S(=O)(=O)N1CCN(c2cccc(F)c2C#N)CC1. The van der Waals surface area contributed by atoms with Crippen LogP contribution in [0.25, 0.3) is 0 Å². The Bertz CT molecular complexity index is 1070. The van der Waals surface area contributed by atoms with Gasteiger partial charge in [-0.2, -0.15) is 9.57 Å². The van der Waals surface area contributed by atoms with Crippen LogP contribution in [-0.4, -0.2) is 43.8 Å². The molecule has 3 rings (SSSR count). The first-order valence-electron chi connectivity index (χ1n) is 8.44. The average molecular weight is 404 g/mol. The van der Waals surface area contributed by atoms with Gasteiger partial charge in [-0.3, -0.25) is 10.1 Å². The molecule has 0 atom stereocenters. The Balaban J connectivity index is 1.84. The van der Waals surface area contributed by atoms with E-state index >= 15 is 0 Å². The Morgan fingerprint density at radius 2 is 1.86 bits per heavy atom. The number of nitro groups is 1. The molecule has 1 saturated heterocycles. The van der Waals surface area contributed by atoms with Crippen molar-refractivity contribution in [3.63, 3.8) is 0 Å². The first kappa shape index (κ1) is 19.7. The molecule has 10 heteroatoms. The number of aryl methyl sites for hydroxylation is 1. The van der Waals surface area contributed by atoms with E-state index in [1.807, 2.05) is 6.07 Å². The van der Waals surface area contributed by atoms with E-state index in [4.69, 9.17) is 0 Å². The molecule has 0 aliphatic carbocycles. The van der Waals surface area contributed by atoms with E-state index < -0.39 is 20.8 Å². The summed E-state index contributed by atoms with van der Waals surface area (Å²) in [6, 6.07) is 9.91. The predicted octanol–water partition coefficient (Wildman–Crippen LogP) is 2.42. The number of piperazine rings is 1. The first-order chi connectivity index (χ1) is 13.3. The summed E-state index contributed by atoms with van der Waals surface area (Å²) >= 11 is 0. The fourth-order valence-electron chi connectivity index (χ4n) is 3.18. The highest BCUT2D eigenvalue weighted by molar-refractivity contribution is 7.89. The second-order valence-electron chi connectivity index (χ2n) is 6.34. The Hall–Kier alpha value is -3.03. The zero-order chi connectivity index (χ0) is 20.5. The van der Waals surface area contributed by atoms with Crippen LogP contribution in [0.4, 0.5) is 15.8 Å². The van der Waals surface area contributed by atoms with Gasteiger partial charge >= 0.3 is 0 Å². The maximum absolute atomic E-state index is 13.8. The normalized spacial score (nSPS) is 15.2. The highest BCUT2D eigenvalue weighted by atomic mass is 32.2. The van der Waals surface area contributed by atoms with Crippen molar-refractivity contribution in [3.8, 4) is 6.07 Å². The van der Waals surface area contributed by atoms with E-state index in [2.05, 4.69) is 0 Å². The highest BCUT2D eigenvalue weighted by Crippen LogP contribution is 2.28. The largest absolute Gasteiger partial charge is 0.368 e. The molecule has 0 saturated carbocycles. The maximum atomic E-state index is 13.8. The molecule has 28 heavy (non-hydrogen) atoms. The van der Waals surface area contributed by atoms with Crippen LogP contribution in [0, 0.1) is 34.2 Å². The van der Waals surface area contributed by atoms with E-state index in [9.17, 15) is 28.2 Å². The average Bonchev–Trinajstić information content (AvgIpc) is 2.68. The molecule has 2 aromatic rings. The zero-order valence-electron chi connectivity index (χ0n) is 15.0. The molecule has 0 radical (unpaired) electrons. The Morgan fingerprint density at radius 1 is 1.18 bits per heavy atom. The van der Waals surface area contributed by atoms with Crippen LogP contribution < -0.4 is 4.90 Å². The standard InChI is InChI=1S/C18H17FN4O4S/c1-13-5-6-14(23(24)25)11-18(13)28(26,27)22-9-7-21(8-10-22)17-4-2-3-16(19)15(17)12-20/h2-6,11H,7-10H2,1H3. The third-order valence-corrected chi connectivity index (χ3v) is 6.72. The van der Waals surface area contributed by atoms with Crippen LogP contribution in [0.15, 0.2) is 41.3 Å². The lowest BCUT2D eigenvalue weighted by Gasteiger charge is -2.35. The fraction of sp³-hybridized carbons (Fsp3) is 0.278. The van der Waals surface area contributed by atoms with Gasteiger partial charge in [0.15, 0.2) is 0 Å². The van der Waals surface area contributed by atoms with Crippen LogP contribution in [0.5, 0.6) is 0 Å². The van der Waals surface area contributed by atoms with Gasteiger partial charge in [-0.05, 0) is 24.6 Å². The van der Waals surface area contributed by atoms with Crippen LogP contribution in [0.3, 0.4) is 0 Å². The minimum absolute atomic E-state index is 0.0756. The number of sulfonamides is 1. The fourth-order valence-corrected chi connectivity index (χ4v) is 4.84. The molecule has 0 aromatic heterocycles. The molecule has 0 spiro atoms. The number of non-ortho nitro benzene ring substituents is 1. The summed E-state index contributed by atoms with van der Waals surface area (Å²) in [6.45, 7) is 2.35. The third kappa shape index (κ3) is 3.54. The second kappa shape index (κ2) is 7.53. The van der Waals surface area contributed by atoms with Gasteiger partial charge in [-0.15, -0.1) is 0 Å². The first-order valence-corrected chi connectivity index (χ1v) is 9.88. The molecule has 1 heterocycles. The number of rotatable bonds is 4. The summed E-state index contributed by atoms with van der Waals surface area (Å²) in [5.41, 5.74) is 0.477. The molecule has 0 amide bonds. The van der Waals surface area contributed by atoms with Crippen molar-refractivity contribution in [2.24, 2.45) is 0 Å². The van der Waals surface area contributed by atoms with Gasteiger partial charge < -0.3 is 4.90 Å². The Labute approximate surface area is 161 Å².